The molecule has 26 nitrogen and oxygen atoms in total. The summed E-state index contributed by atoms with van der Waals surface area (Å²) in [6.07, 6.45) is -20.8. The summed E-state index contributed by atoms with van der Waals surface area (Å²) in [4.78, 5) is 57.7. The Hall–Kier alpha value is -10.6. The second-order valence-corrected chi connectivity index (χ2v) is 39.3. The highest BCUT2D eigenvalue weighted by Gasteiger charge is 2.63. The second kappa shape index (κ2) is 46.0. The van der Waals surface area contributed by atoms with Crippen LogP contribution in [-0.2, 0) is 100 Å². The number of esters is 4. The summed E-state index contributed by atoms with van der Waals surface area (Å²) in [6.45, 7) is 12.5. The molecule has 20 atom stereocenters. The number of carbonyl (C=O) groups is 4. The smallest absolute Gasteiger partial charge is 0.305 e. The molecule has 4 aliphatic heterocycles. The molecule has 8 heterocycles. The van der Waals surface area contributed by atoms with Crippen LogP contribution >= 0.6 is 45.3 Å². The summed E-state index contributed by atoms with van der Waals surface area (Å²) < 4.78 is 98.8. The lowest BCUT2D eigenvalue weighted by molar-refractivity contribution is -0.358. The van der Waals surface area contributed by atoms with E-state index >= 15 is 0 Å². The molecule has 8 aromatic carbocycles. The molecule has 0 amide bonds. The summed E-state index contributed by atoms with van der Waals surface area (Å²) in [5.74, 6) is -10.7. The summed E-state index contributed by atoms with van der Waals surface area (Å²) in [6, 6.07) is 62.3. The molecule has 4 fully saturated rings. The van der Waals surface area contributed by atoms with E-state index in [2.05, 4.69) is 0 Å². The molecule has 139 heavy (non-hydrogen) atoms. The van der Waals surface area contributed by atoms with Gasteiger partial charge in [-0.25, -0.2) is 17.6 Å². The Kier molecular flexibility index (Phi) is 35.0. The topological polar surface area (TPSA) is 425 Å². The monoisotopic (exact) mass is 1990 g/mol. The predicted molar refractivity (Wildman–Crippen MR) is 511 cm³/mol. The molecule has 0 unspecified atom stereocenters. The van der Waals surface area contributed by atoms with Crippen molar-refractivity contribution >= 4 is 69.2 Å². The van der Waals surface area contributed by atoms with Crippen molar-refractivity contribution in [2.24, 2.45) is 0 Å². The minimum atomic E-state index is -2.29. The van der Waals surface area contributed by atoms with Crippen molar-refractivity contribution in [1.29, 1.82) is 0 Å². The lowest BCUT2D eigenvalue weighted by Gasteiger charge is -2.50. The SMILES string of the molecule is CC[C@H]1O[C@@](OC(C)=O)(c2ccc(C)c(Cc3ccc(-c4ccc(F)cc4)s3)c2)[C@H](OC(C)=O)[C@@H](OC(C)=O)[C@@H]1OC(C)=O.Cc1ccc([C@@H]2O[C@H](CO)[C@@H](O)[C@H](O)[C@H]2O)cc1Cc1ccc(-c2ccc(F)cc2)s1.Cc1ccc([C@]2(O)O[C@H](CO)[C@@H](O)[C@H](O)[C@H]2O)cc1Cc1ccc(-c2ccc(F)cc2)s1.Cc1ccc([C@]2(O)O[C@H](CO)[C@@H](O)[C@H](O)[C@H]2O)cc1Cc1ccc(-c2ccc(F)cc2)s1. The highest BCUT2D eigenvalue weighted by molar-refractivity contribution is 7.16. The Balaban J connectivity index is 0.000000158. The van der Waals surface area contributed by atoms with Crippen molar-refractivity contribution in [3.05, 3.63) is 328 Å². The third-order valence-corrected chi connectivity index (χ3v) is 29.2. The number of carbonyl (C=O) groups excluding carboxylic acids is 4. The number of halogens is 4. The average molecular weight is 1990 g/mol. The molecule has 4 aliphatic rings. The fraction of sp³-hybridized carbons (Fsp3) is 0.352. The van der Waals surface area contributed by atoms with E-state index in [-0.39, 0.29) is 40.8 Å². The van der Waals surface area contributed by atoms with E-state index in [9.17, 15) is 108 Å². The molecule has 4 saturated heterocycles. The first-order chi connectivity index (χ1) is 66.1. The van der Waals surface area contributed by atoms with Gasteiger partial charge in [-0.3, -0.25) is 19.2 Å². The van der Waals surface area contributed by atoms with E-state index in [1.165, 1.54) is 69.3 Å². The Morgan fingerprint density at radius 3 is 0.993 bits per heavy atom. The van der Waals surface area contributed by atoms with Crippen LogP contribution in [0.5, 0.6) is 0 Å². The van der Waals surface area contributed by atoms with Crippen molar-refractivity contribution in [1.82, 2.24) is 0 Å². The van der Waals surface area contributed by atoms with Crippen LogP contribution in [0.3, 0.4) is 0 Å². The minimum absolute atomic E-state index is 0.213. The van der Waals surface area contributed by atoms with Crippen LogP contribution < -0.4 is 0 Å². The number of thiophene rings is 4. The van der Waals surface area contributed by atoms with E-state index in [0.29, 0.717) is 36.8 Å². The lowest BCUT2D eigenvalue weighted by atomic mass is 9.85. The molecule has 0 aliphatic carbocycles. The third-order valence-electron chi connectivity index (χ3n) is 24.7. The van der Waals surface area contributed by atoms with Gasteiger partial charge in [-0.1, -0.05) is 110 Å². The van der Waals surface area contributed by atoms with Crippen molar-refractivity contribution in [3.8, 4) is 41.8 Å². The Morgan fingerprint density at radius 1 is 0.345 bits per heavy atom. The van der Waals surface area contributed by atoms with Crippen LogP contribution in [0.4, 0.5) is 17.6 Å². The number of aliphatic hydroxyl groups excluding tert-OH is 12. The van der Waals surface area contributed by atoms with Crippen LogP contribution in [0.25, 0.3) is 41.8 Å². The van der Waals surface area contributed by atoms with Gasteiger partial charge in [-0.2, -0.15) is 0 Å². The highest BCUT2D eigenvalue weighted by atomic mass is 32.1. The lowest BCUT2D eigenvalue weighted by Crippen LogP contribution is -2.66. The van der Waals surface area contributed by atoms with E-state index in [1.807, 2.05) is 100 Å². The summed E-state index contributed by atoms with van der Waals surface area (Å²) in [5.41, 5.74) is 12.7. The molecule has 0 radical (unpaired) electrons. The molecule has 0 spiro atoms. The number of hydrogen-bond acceptors (Lipinski definition) is 30. The van der Waals surface area contributed by atoms with Crippen LogP contribution in [0.2, 0.25) is 0 Å². The maximum absolute atomic E-state index is 13.4. The van der Waals surface area contributed by atoms with Crippen molar-refractivity contribution in [3.63, 3.8) is 0 Å². The van der Waals surface area contributed by atoms with E-state index < -0.39 is 165 Å². The minimum Gasteiger partial charge on any atom is -0.456 e. The Bertz CT molecular complexity index is 6030. The predicted octanol–water partition coefficient (Wildman–Crippen LogP) is 12.9. The first-order valence-electron chi connectivity index (χ1n) is 44.7. The van der Waals surface area contributed by atoms with Gasteiger partial charge >= 0.3 is 23.9 Å². The molecule has 738 valence electrons. The highest BCUT2D eigenvalue weighted by Crippen LogP contribution is 2.48. The van der Waals surface area contributed by atoms with Crippen LogP contribution in [0.1, 0.15) is 133 Å². The zero-order valence-corrected chi connectivity index (χ0v) is 80.3. The molecule has 12 aromatic rings. The van der Waals surface area contributed by atoms with Crippen LogP contribution in [-0.4, -0.2) is 213 Å². The van der Waals surface area contributed by atoms with Gasteiger partial charge in [0.05, 0.1) is 19.8 Å². The zero-order chi connectivity index (χ0) is 100. The van der Waals surface area contributed by atoms with Gasteiger partial charge in [0.2, 0.25) is 17.7 Å². The van der Waals surface area contributed by atoms with Gasteiger partial charge in [-0.15, -0.1) is 45.3 Å². The maximum atomic E-state index is 13.4. The first kappa shape index (κ1) is 106. The van der Waals surface area contributed by atoms with Crippen molar-refractivity contribution in [2.75, 3.05) is 19.8 Å². The Morgan fingerprint density at radius 2 is 0.662 bits per heavy atom. The average Bonchev–Trinajstić information content (AvgIpc) is 0.934. The maximum Gasteiger partial charge on any atom is 0.305 e. The van der Waals surface area contributed by atoms with Gasteiger partial charge < -0.3 is 109 Å². The third kappa shape index (κ3) is 24.6. The van der Waals surface area contributed by atoms with Crippen molar-refractivity contribution < 1.29 is 146 Å². The van der Waals surface area contributed by atoms with Crippen LogP contribution in [0, 0.1) is 51.0 Å². The molecular formula is C105H110F4O26S4. The number of aryl methyl sites for hydroxylation is 4. The molecule has 34 heteroatoms. The summed E-state index contributed by atoms with van der Waals surface area (Å²) >= 11 is 6.33. The van der Waals surface area contributed by atoms with Gasteiger partial charge in [0, 0.05) is 109 Å². The molecule has 0 saturated carbocycles. The van der Waals surface area contributed by atoms with Gasteiger partial charge in [0.15, 0.2) is 12.2 Å². The number of hydrogen-bond donors (Lipinski definition) is 14. The molecule has 14 N–H and O–H groups in total. The number of ether oxygens (including phenoxy) is 8. The standard InChI is InChI=1S/C33H35FO9S.2C24H25FO6S.C24H25FO5S/c1-7-28-30(39-19(3)35)31(40-20(4)36)32(41-21(5)37)33(43-28,42-22(6)38)25-11-8-18(2)24(16-25)17-27-14-15-29(44-27)23-9-12-26(34)13-10-23;2*1-13-2-5-16(24(30)23(29)22(28)21(27)19(12-26)31-24)10-15(13)11-18-8-9-20(32-18)14-3-6-17(25)7-4-14;1-13-2-3-15(24-23(29)22(28)21(27)19(12-26)30-24)10-16(13)11-18-8-9-20(31-18)14-4-6-17(25)7-5-14/h8-16,28,30-32H,7,17H2,1-6H3;2*2-10,19,21-23,26-30H,11-12H2,1H3;2-10,19,21-24,26-29H,11-12H2,1H3/t28-,30-,31+,32-,33+;3*19-,21-,22+,23-,24+/m1111/s1. The zero-order valence-electron chi connectivity index (χ0n) is 77.1. The van der Waals surface area contributed by atoms with Crippen LogP contribution in [0.15, 0.2) is 218 Å². The van der Waals surface area contributed by atoms with Gasteiger partial charge in [0.25, 0.3) is 5.79 Å². The number of benzene rings is 8. The van der Waals surface area contributed by atoms with E-state index in [4.69, 9.17) is 37.9 Å². The van der Waals surface area contributed by atoms with E-state index in [1.54, 1.807) is 149 Å². The fourth-order valence-electron chi connectivity index (χ4n) is 17.0. The van der Waals surface area contributed by atoms with Gasteiger partial charge in [0.1, 0.15) is 109 Å². The molecule has 16 rings (SSSR count). The largest absolute Gasteiger partial charge is 0.456 e. The van der Waals surface area contributed by atoms with Gasteiger partial charge in [-0.05, 0) is 222 Å². The summed E-state index contributed by atoms with van der Waals surface area (Å²) in [7, 11) is 0. The first-order valence-corrected chi connectivity index (χ1v) is 48.0. The fourth-order valence-corrected chi connectivity index (χ4v) is 21.2. The second-order valence-electron chi connectivity index (χ2n) is 34.6. The number of aliphatic hydroxyl groups is 14. The molecule has 0 bridgehead atoms. The van der Waals surface area contributed by atoms with Crippen molar-refractivity contribution in [2.45, 2.75) is 216 Å². The normalized spacial score (nSPS) is 26.1. The molecule has 4 aromatic heterocycles. The van der Waals surface area contributed by atoms with E-state index in [0.717, 1.165) is 113 Å². The quantitative estimate of drug-likeness (QED) is 0.0152. The summed E-state index contributed by atoms with van der Waals surface area (Å²) in [5, 5.41) is 142. The Labute approximate surface area is 815 Å². The number of rotatable bonds is 24. The molecular weight excluding hydrogens is 1880 g/mol.